The van der Waals surface area contributed by atoms with Gasteiger partial charge in [-0.3, -0.25) is 4.99 Å². The third-order valence-electron chi connectivity index (χ3n) is 2.72. The minimum Gasteiger partial charge on any atom is -0.375 e. The van der Waals surface area contributed by atoms with Gasteiger partial charge in [0.15, 0.2) is 5.96 Å². The topological polar surface area (TPSA) is 59.6 Å². The number of halogens is 3. The van der Waals surface area contributed by atoms with Crippen LogP contribution in [0.5, 0.6) is 0 Å². The molecule has 0 saturated heterocycles. The first-order chi connectivity index (χ1) is 9.15. The van der Waals surface area contributed by atoms with Crippen LogP contribution in [0.15, 0.2) is 23.2 Å². The zero-order valence-electron chi connectivity index (χ0n) is 10.9. The van der Waals surface area contributed by atoms with E-state index in [-0.39, 0.29) is 24.0 Å². The Hall–Kier alpha value is -0.240. The van der Waals surface area contributed by atoms with Crippen molar-refractivity contribution in [2.75, 3.05) is 13.2 Å². The van der Waals surface area contributed by atoms with Gasteiger partial charge in [0.05, 0.1) is 19.8 Å². The Morgan fingerprint density at radius 2 is 2.15 bits per heavy atom. The van der Waals surface area contributed by atoms with Crippen LogP contribution in [0.4, 0.5) is 0 Å². The Kier molecular flexibility index (Phi) is 7.94. The highest BCUT2D eigenvalue weighted by Crippen LogP contribution is 2.21. The first-order valence-electron chi connectivity index (χ1n) is 6.23. The first-order valence-corrected chi connectivity index (χ1v) is 6.99. The van der Waals surface area contributed by atoms with E-state index in [1.54, 1.807) is 12.1 Å². The standard InChI is InChI=1S/C13H17Cl2N3O.HI/c14-10-2-1-9(12(15)7-10)8-19-6-5-17-13(16)18-11-3-4-11;/h1-2,7,11H,3-6,8H2,(H3,16,17,18);1H. The van der Waals surface area contributed by atoms with Crippen molar-refractivity contribution in [1.29, 1.82) is 0 Å². The number of rotatable bonds is 6. The normalized spacial score (nSPS) is 14.8. The van der Waals surface area contributed by atoms with E-state index in [9.17, 15) is 0 Å². The van der Waals surface area contributed by atoms with Crippen LogP contribution >= 0.6 is 47.2 Å². The van der Waals surface area contributed by atoms with Gasteiger partial charge in [0.25, 0.3) is 0 Å². The first kappa shape index (κ1) is 17.8. The van der Waals surface area contributed by atoms with Crippen LogP contribution in [0.25, 0.3) is 0 Å². The highest BCUT2D eigenvalue weighted by Gasteiger charge is 2.21. The fraction of sp³-hybridized carbons (Fsp3) is 0.462. The lowest BCUT2D eigenvalue weighted by atomic mass is 10.2. The molecular weight excluding hydrogens is 412 g/mol. The molecule has 1 aliphatic rings. The van der Waals surface area contributed by atoms with Crippen LogP contribution in [-0.4, -0.2) is 25.2 Å². The Labute approximate surface area is 146 Å². The van der Waals surface area contributed by atoms with E-state index in [0.717, 1.165) is 5.56 Å². The second kappa shape index (κ2) is 8.92. The minimum absolute atomic E-state index is 0. The maximum atomic E-state index is 6.04. The van der Waals surface area contributed by atoms with Crippen LogP contribution in [0, 0.1) is 0 Å². The summed E-state index contributed by atoms with van der Waals surface area (Å²) >= 11 is 11.9. The van der Waals surface area contributed by atoms with Crippen molar-refractivity contribution >= 4 is 53.1 Å². The molecule has 2 rings (SSSR count). The number of ether oxygens (including phenoxy) is 1. The molecule has 0 heterocycles. The smallest absolute Gasteiger partial charge is 0.188 e. The predicted octanol–water partition coefficient (Wildman–Crippen LogP) is 3.19. The molecule has 112 valence electrons. The number of hydrogen-bond donors (Lipinski definition) is 2. The van der Waals surface area contributed by atoms with Gasteiger partial charge in [-0.05, 0) is 30.5 Å². The number of benzene rings is 1. The van der Waals surface area contributed by atoms with Gasteiger partial charge < -0.3 is 15.8 Å². The molecule has 0 atom stereocenters. The molecule has 1 saturated carbocycles. The highest BCUT2D eigenvalue weighted by molar-refractivity contribution is 14.0. The van der Waals surface area contributed by atoms with Gasteiger partial charge >= 0.3 is 0 Å². The van der Waals surface area contributed by atoms with Crippen LogP contribution in [0.1, 0.15) is 18.4 Å². The average Bonchev–Trinajstić information content (AvgIpc) is 3.15. The number of aliphatic imine (C=N–C) groups is 1. The Balaban J connectivity index is 0.00000200. The number of nitrogens with two attached hydrogens (primary N) is 1. The molecule has 1 aromatic rings. The average molecular weight is 430 g/mol. The largest absolute Gasteiger partial charge is 0.375 e. The van der Waals surface area contributed by atoms with Crippen molar-refractivity contribution in [3.05, 3.63) is 33.8 Å². The van der Waals surface area contributed by atoms with E-state index in [2.05, 4.69) is 10.3 Å². The van der Waals surface area contributed by atoms with Crippen molar-refractivity contribution in [3.63, 3.8) is 0 Å². The van der Waals surface area contributed by atoms with Crippen molar-refractivity contribution in [1.82, 2.24) is 5.32 Å². The van der Waals surface area contributed by atoms with E-state index < -0.39 is 0 Å². The summed E-state index contributed by atoms with van der Waals surface area (Å²) in [4.78, 5) is 4.18. The summed E-state index contributed by atoms with van der Waals surface area (Å²) in [6.07, 6.45) is 2.36. The fourth-order valence-electron chi connectivity index (χ4n) is 1.53. The van der Waals surface area contributed by atoms with Crippen molar-refractivity contribution < 1.29 is 4.74 Å². The molecule has 0 unspecified atom stereocenters. The molecule has 4 nitrogen and oxygen atoms in total. The van der Waals surface area contributed by atoms with E-state index in [0.29, 0.717) is 41.8 Å². The molecule has 1 aromatic carbocycles. The van der Waals surface area contributed by atoms with Gasteiger partial charge in [-0.15, -0.1) is 24.0 Å². The lowest BCUT2D eigenvalue weighted by molar-refractivity contribution is 0.128. The van der Waals surface area contributed by atoms with Gasteiger partial charge in [-0.1, -0.05) is 29.3 Å². The molecule has 20 heavy (non-hydrogen) atoms. The quantitative estimate of drug-likeness (QED) is 0.316. The SMILES string of the molecule is I.NC(=NCCOCc1ccc(Cl)cc1Cl)NC1CC1. The molecule has 0 aliphatic heterocycles. The summed E-state index contributed by atoms with van der Waals surface area (Å²) < 4.78 is 5.49. The Bertz CT molecular complexity index is 467. The number of guanidine groups is 1. The van der Waals surface area contributed by atoms with Gasteiger partial charge in [0.1, 0.15) is 0 Å². The molecule has 0 bridgehead atoms. The van der Waals surface area contributed by atoms with E-state index in [4.69, 9.17) is 33.7 Å². The van der Waals surface area contributed by atoms with Crippen molar-refractivity contribution in [2.45, 2.75) is 25.5 Å². The Morgan fingerprint density at radius 1 is 1.40 bits per heavy atom. The predicted molar refractivity (Wildman–Crippen MR) is 94.2 cm³/mol. The van der Waals surface area contributed by atoms with Gasteiger partial charge in [0, 0.05) is 16.1 Å². The van der Waals surface area contributed by atoms with Crippen molar-refractivity contribution in [3.8, 4) is 0 Å². The van der Waals surface area contributed by atoms with Crippen LogP contribution < -0.4 is 11.1 Å². The van der Waals surface area contributed by atoms with Gasteiger partial charge in [-0.2, -0.15) is 0 Å². The Morgan fingerprint density at radius 3 is 2.80 bits per heavy atom. The maximum absolute atomic E-state index is 6.04. The zero-order chi connectivity index (χ0) is 13.7. The molecule has 7 heteroatoms. The third-order valence-corrected chi connectivity index (χ3v) is 3.31. The van der Waals surface area contributed by atoms with Crippen LogP contribution in [0.2, 0.25) is 10.0 Å². The monoisotopic (exact) mass is 429 g/mol. The van der Waals surface area contributed by atoms with Crippen LogP contribution in [-0.2, 0) is 11.3 Å². The molecule has 1 fully saturated rings. The van der Waals surface area contributed by atoms with E-state index in [1.807, 2.05) is 6.07 Å². The lowest BCUT2D eigenvalue weighted by Gasteiger charge is -2.06. The summed E-state index contributed by atoms with van der Waals surface area (Å²) in [5.41, 5.74) is 6.61. The summed E-state index contributed by atoms with van der Waals surface area (Å²) in [5, 5.41) is 4.35. The molecule has 0 aromatic heterocycles. The second-order valence-electron chi connectivity index (χ2n) is 4.47. The highest BCUT2D eigenvalue weighted by atomic mass is 127. The molecule has 0 amide bonds. The van der Waals surface area contributed by atoms with Crippen LogP contribution in [0.3, 0.4) is 0 Å². The molecule has 0 spiro atoms. The molecule has 3 N–H and O–H groups in total. The summed E-state index contributed by atoms with van der Waals surface area (Å²) in [5.74, 6) is 0.496. The third kappa shape index (κ3) is 6.47. The minimum atomic E-state index is 0. The number of nitrogens with zero attached hydrogens (tertiary/aromatic N) is 1. The number of nitrogens with one attached hydrogen (secondary N) is 1. The fourth-order valence-corrected chi connectivity index (χ4v) is 2.00. The summed E-state index contributed by atoms with van der Waals surface area (Å²) in [7, 11) is 0. The lowest BCUT2D eigenvalue weighted by Crippen LogP contribution is -2.33. The van der Waals surface area contributed by atoms with E-state index >= 15 is 0 Å². The zero-order valence-corrected chi connectivity index (χ0v) is 14.8. The van der Waals surface area contributed by atoms with Gasteiger partial charge in [-0.25, -0.2) is 0 Å². The number of hydrogen-bond acceptors (Lipinski definition) is 2. The second-order valence-corrected chi connectivity index (χ2v) is 5.32. The molecule has 1 aliphatic carbocycles. The summed E-state index contributed by atoms with van der Waals surface area (Å²) in [6, 6.07) is 5.88. The maximum Gasteiger partial charge on any atom is 0.188 e. The summed E-state index contributed by atoms with van der Waals surface area (Å²) in [6.45, 7) is 1.49. The molecule has 0 radical (unpaired) electrons. The van der Waals surface area contributed by atoms with E-state index in [1.165, 1.54) is 12.8 Å². The van der Waals surface area contributed by atoms with Gasteiger partial charge in [0.2, 0.25) is 0 Å². The van der Waals surface area contributed by atoms with Crippen molar-refractivity contribution in [2.24, 2.45) is 10.7 Å². The molecular formula is C13H18Cl2IN3O.